The first kappa shape index (κ1) is 13.0. The lowest BCUT2D eigenvalue weighted by Gasteiger charge is -2.22. The van der Waals surface area contributed by atoms with Crippen LogP contribution in [0.4, 0.5) is 11.5 Å². The molecule has 0 aromatic carbocycles. The molecule has 0 aliphatic carbocycles. The van der Waals surface area contributed by atoms with E-state index in [1.54, 1.807) is 6.92 Å². The molecular formula is C10H17ClN4O. The second kappa shape index (κ2) is 4.84. The molecule has 5 nitrogen and oxygen atoms in total. The van der Waals surface area contributed by atoms with Crippen molar-refractivity contribution in [3.63, 3.8) is 0 Å². The number of nitrogens with zero attached hydrogens (tertiary/aromatic N) is 2. The van der Waals surface area contributed by atoms with Gasteiger partial charge >= 0.3 is 0 Å². The number of nitrogen functional groups attached to an aromatic ring is 1. The fourth-order valence-electron chi connectivity index (χ4n) is 1.06. The summed E-state index contributed by atoms with van der Waals surface area (Å²) in [6.45, 7) is 6.28. The number of nitrogens with one attached hydrogen (secondary N) is 1. The molecule has 1 heterocycles. The third kappa shape index (κ3) is 3.21. The van der Waals surface area contributed by atoms with E-state index in [2.05, 4.69) is 15.3 Å². The van der Waals surface area contributed by atoms with Crippen LogP contribution in [0.2, 0.25) is 5.28 Å². The number of aryl methyl sites for hydroxylation is 1. The Balaban J connectivity index is 2.82. The van der Waals surface area contributed by atoms with Crippen LogP contribution in [-0.4, -0.2) is 28.2 Å². The van der Waals surface area contributed by atoms with E-state index in [1.807, 2.05) is 13.8 Å². The number of anilines is 2. The molecule has 0 radical (unpaired) electrons. The first-order chi connectivity index (χ1) is 7.35. The average Bonchev–Trinajstić information content (AvgIpc) is 2.21. The smallest absolute Gasteiger partial charge is 0.224 e. The minimum absolute atomic E-state index is 0.0811. The monoisotopic (exact) mass is 244 g/mol. The van der Waals surface area contributed by atoms with E-state index in [4.69, 9.17) is 22.4 Å². The number of nitrogens with two attached hydrogens (primary N) is 1. The number of rotatable bonds is 4. The molecule has 16 heavy (non-hydrogen) atoms. The molecule has 0 aliphatic heterocycles. The van der Waals surface area contributed by atoms with E-state index in [1.165, 1.54) is 0 Å². The van der Waals surface area contributed by atoms with Gasteiger partial charge in [-0.25, -0.2) is 4.98 Å². The molecule has 0 atom stereocenters. The Morgan fingerprint density at radius 1 is 1.44 bits per heavy atom. The number of aromatic nitrogens is 2. The summed E-state index contributed by atoms with van der Waals surface area (Å²) >= 11 is 5.74. The van der Waals surface area contributed by atoms with Gasteiger partial charge in [0.25, 0.3) is 0 Å². The summed E-state index contributed by atoms with van der Waals surface area (Å²) < 4.78 is 0. The van der Waals surface area contributed by atoms with Crippen LogP contribution in [0.15, 0.2) is 0 Å². The molecule has 0 aliphatic rings. The molecule has 1 aromatic rings. The topological polar surface area (TPSA) is 84.1 Å². The molecule has 0 spiro atoms. The van der Waals surface area contributed by atoms with Gasteiger partial charge in [0.15, 0.2) is 5.82 Å². The highest BCUT2D eigenvalue weighted by atomic mass is 35.5. The highest BCUT2D eigenvalue weighted by molar-refractivity contribution is 6.28. The molecule has 0 unspecified atom stereocenters. The van der Waals surface area contributed by atoms with Crippen LogP contribution in [0, 0.1) is 12.3 Å². The Kier molecular flexibility index (Phi) is 3.93. The molecule has 1 aromatic heterocycles. The van der Waals surface area contributed by atoms with Crippen LogP contribution in [0.25, 0.3) is 0 Å². The molecule has 0 bridgehead atoms. The molecule has 0 saturated carbocycles. The zero-order valence-electron chi connectivity index (χ0n) is 9.71. The predicted molar refractivity (Wildman–Crippen MR) is 65.5 cm³/mol. The molecule has 1 rings (SSSR count). The lowest BCUT2D eigenvalue weighted by Crippen LogP contribution is -2.27. The highest BCUT2D eigenvalue weighted by Gasteiger charge is 2.17. The van der Waals surface area contributed by atoms with Crippen molar-refractivity contribution < 1.29 is 5.11 Å². The Bertz CT molecular complexity index is 381. The lowest BCUT2D eigenvalue weighted by molar-refractivity contribution is 0.171. The van der Waals surface area contributed by atoms with Crippen LogP contribution in [-0.2, 0) is 0 Å². The molecule has 0 amide bonds. The van der Waals surface area contributed by atoms with Crippen molar-refractivity contribution in [3.05, 3.63) is 11.0 Å². The maximum absolute atomic E-state index is 9.12. The van der Waals surface area contributed by atoms with Crippen molar-refractivity contribution in [1.82, 2.24) is 9.97 Å². The van der Waals surface area contributed by atoms with Gasteiger partial charge in [-0.3, -0.25) is 0 Å². The third-order valence-corrected chi connectivity index (χ3v) is 2.44. The lowest BCUT2D eigenvalue weighted by atomic mass is 9.95. The fraction of sp³-hybridized carbons (Fsp3) is 0.600. The van der Waals surface area contributed by atoms with E-state index in [9.17, 15) is 0 Å². The van der Waals surface area contributed by atoms with Gasteiger partial charge in [0.05, 0.1) is 11.4 Å². The number of aliphatic hydroxyl groups excluding tert-OH is 1. The van der Waals surface area contributed by atoms with Gasteiger partial charge in [-0.2, -0.15) is 4.98 Å². The second-order valence-corrected chi connectivity index (χ2v) is 4.85. The molecule has 90 valence electrons. The Morgan fingerprint density at radius 2 is 2.06 bits per heavy atom. The van der Waals surface area contributed by atoms with Crippen molar-refractivity contribution in [2.75, 3.05) is 24.2 Å². The summed E-state index contributed by atoms with van der Waals surface area (Å²) in [5.41, 5.74) is 6.70. The van der Waals surface area contributed by atoms with Crippen LogP contribution in [0.5, 0.6) is 0 Å². The van der Waals surface area contributed by atoms with Gasteiger partial charge in [-0.15, -0.1) is 0 Å². The summed E-state index contributed by atoms with van der Waals surface area (Å²) in [5, 5.41) is 12.3. The predicted octanol–water partition coefficient (Wildman–Crippen LogP) is 1.45. The maximum Gasteiger partial charge on any atom is 0.224 e. The molecule has 6 heteroatoms. The summed E-state index contributed by atoms with van der Waals surface area (Å²) in [5.74, 6) is 0.513. The van der Waals surface area contributed by atoms with Crippen molar-refractivity contribution >= 4 is 23.1 Å². The summed E-state index contributed by atoms with van der Waals surface area (Å²) in [4.78, 5) is 7.95. The SMILES string of the molecule is Cc1nc(Cl)nc(NCC(C)(C)CO)c1N. The molecule has 0 saturated heterocycles. The first-order valence-corrected chi connectivity index (χ1v) is 5.38. The maximum atomic E-state index is 9.12. The number of aliphatic hydroxyl groups is 1. The Hall–Kier alpha value is -1.07. The number of hydrogen-bond acceptors (Lipinski definition) is 5. The largest absolute Gasteiger partial charge is 0.396 e. The van der Waals surface area contributed by atoms with Crippen molar-refractivity contribution in [2.24, 2.45) is 5.41 Å². The third-order valence-electron chi connectivity index (χ3n) is 2.27. The van der Waals surface area contributed by atoms with Crippen LogP contribution in [0.3, 0.4) is 0 Å². The standard InChI is InChI=1S/C10H17ClN4O/c1-6-7(12)8(15-9(11)14-6)13-4-10(2,3)5-16/h16H,4-5,12H2,1-3H3,(H,13,14,15). The number of halogens is 1. The second-order valence-electron chi connectivity index (χ2n) is 4.52. The van der Waals surface area contributed by atoms with Gasteiger partial charge in [0.2, 0.25) is 5.28 Å². The van der Waals surface area contributed by atoms with Gasteiger partial charge < -0.3 is 16.2 Å². The summed E-state index contributed by atoms with van der Waals surface area (Å²) in [7, 11) is 0. The Morgan fingerprint density at radius 3 is 2.62 bits per heavy atom. The van der Waals surface area contributed by atoms with E-state index in [0.717, 1.165) is 0 Å². The fourth-order valence-corrected chi connectivity index (χ4v) is 1.27. The van der Waals surface area contributed by atoms with Gasteiger partial charge in [-0.1, -0.05) is 13.8 Å². The number of hydrogen-bond donors (Lipinski definition) is 3. The first-order valence-electron chi connectivity index (χ1n) is 5.00. The van der Waals surface area contributed by atoms with Gasteiger partial charge in [-0.05, 0) is 18.5 Å². The minimum atomic E-state index is -0.238. The van der Waals surface area contributed by atoms with E-state index in [0.29, 0.717) is 23.7 Å². The Labute approximate surface area is 100 Å². The average molecular weight is 245 g/mol. The van der Waals surface area contributed by atoms with Crippen molar-refractivity contribution in [2.45, 2.75) is 20.8 Å². The molecule has 4 N–H and O–H groups in total. The zero-order chi connectivity index (χ0) is 12.3. The van der Waals surface area contributed by atoms with E-state index in [-0.39, 0.29) is 17.3 Å². The summed E-state index contributed by atoms with van der Waals surface area (Å²) in [6.07, 6.45) is 0. The van der Waals surface area contributed by atoms with Crippen LogP contribution >= 0.6 is 11.6 Å². The zero-order valence-corrected chi connectivity index (χ0v) is 10.5. The van der Waals surface area contributed by atoms with Crippen LogP contribution in [0.1, 0.15) is 19.5 Å². The normalized spacial score (nSPS) is 11.6. The van der Waals surface area contributed by atoms with Gasteiger partial charge in [0, 0.05) is 18.6 Å². The van der Waals surface area contributed by atoms with E-state index < -0.39 is 0 Å². The molecular weight excluding hydrogens is 228 g/mol. The quantitative estimate of drug-likeness (QED) is 0.699. The van der Waals surface area contributed by atoms with Crippen molar-refractivity contribution in [3.8, 4) is 0 Å². The minimum Gasteiger partial charge on any atom is -0.396 e. The van der Waals surface area contributed by atoms with Gasteiger partial charge in [0.1, 0.15) is 0 Å². The van der Waals surface area contributed by atoms with Crippen molar-refractivity contribution in [1.29, 1.82) is 0 Å². The van der Waals surface area contributed by atoms with E-state index >= 15 is 0 Å². The molecule has 0 fully saturated rings. The summed E-state index contributed by atoms with van der Waals surface area (Å²) in [6, 6.07) is 0. The van der Waals surface area contributed by atoms with Crippen LogP contribution < -0.4 is 11.1 Å². The highest BCUT2D eigenvalue weighted by Crippen LogP contribution is 2.22.